The van der Waals surface area contributed by atoms with E-state index >= 15 is 8.78 Å². The maximum Gasteiger partial charge on any atom is 0.151 e. The van der Waals surface area contributed by atoms with Gasteiger partial charge in [-0.3, -0.25) is 4.90 Å². The number of hydrogen-bond donors (Lipinski definition) is 0. The minimum atomic E-state index is -2.17. The molecule has 0 bridgehead atoms. The predicted molar refractivity (Wildman–Crippen MR) is 135 cm³/mol. The third-order valence-electron chi connectivity index (χ3n) is 6.69. The van der Waals surface area contributed by atoms with Crippen molar-refractivity contribution in [2.75, 3.05) is 4.90 Å². The number of rotatable bonds is 4. The molecule has 0 fully saturated rings. The van der Waals surface area contributed by atoms with Crippen LogP contribution in [-0.4, -0.2) is 0 Å². The summed E-state index contributed by atoms with van der Waals surface area (Å²) in [4.78, 5) is 1.23. The Bertz CT molecular complexity index is 1670. The molecule has 0 radical (unpaired) electrons. The predicted octanol–water partition coefficient (Wildman–Crippen LogP) is 9.56. The summed E-state index contributed by atoms with van der Waals surface area (Å²) in [5.74, 6) is -13.1. The first-order chi connectivity index (χ1) is 19.6. The highest BCUT2D eigenvalue weighted by molar-refractivity contribution is 5.86. The van der Waals surface area contributed by atoms with Gasteiger partial charge in [0, 0.05) is 41.3 Å². The second kappa shape index (κ2) is 9.96. The average molecular weight is 569 g/mol. The molecular formula is C31H15F8NO. The first kappa shape index (κ1) is 26.4. The van der Waals surface area contributed by atoms with Gasteiger partial charge in [-0.25, -0.2) is 35.1 Å². The molecule has 0 spiro atoms. The Labute approximate surface area is 227 Å². The van der Waals surface area contributed by atoms with E-state index in [4.69, 9.17) is 4.74 Å². The Balaban J connectivity index is 1.60. The minimum absolute atomic E-state index is 0.257. The van der Waals surface area contributed by atoms with Crippen LogP contribution >= 0.6 is 0 Å². The van der Waals surface area contributed by atoms with Crippen molar-refractivity contribution in [2.45, 2.75) is 5.92 Å². The minimum Gasteiger partial charge on any atom is -0.453 e. The van der Waals surface area contributed by atoms with Crippen molar-refractivity contribution in [1.29, 1.82) is 0 Å². The molecule has 1 aliphatic heterocycles. The average Bonchev–Trinajstić information content (AvgIpc) is 2.90. The summed E-state index contributed by atoms with van der Waals surface area (Å²) in [7, 11) is 0. The summed E-state index contributed by atoms with van der Waals surface area (Å²) in [5, 5.41) is 0. The van der Waals surface area contributed by atoms with E-state index < -0.39 is 74.8 Å². The Morgan fingerprint density at radius 2 is 0.878 bits per heavy atom. The zero-order valence-electron chi connectivity index (χ0n) is 20.5. The number of ether oxygens (including phenoxy) is 1. The summed E-state index contributed by atoms with van der Waals surface area (Å²) in [6.45, 7) is 0. The highest BCUT2D eigenvalue weighted by Gasteiger charge is 2.34. The van der Waals surface area contributed by atoms with E-state index in [-0.39, 0.29) is 47.1 Å². The molecule has 1 aliphatic rings. The zero-order valence-corrected chi connectivity index (χ0v) is 20.5. The van der Waals surface area contributed by atoms with Gasteiger partial charge in [0.15, 0.2) is 23.1 Å². The van der Waals surface area contributed by atoms with Gasteiger partial charge in [-0.2, -0.15) is 0 Å². The van der Waals surface area contributed by atoms with Crippen molar-refractivity contribution < 1.29 is 39.9 Å². The van der Waals surface area contributed by atoms with Crippen molar-refractivity contribution in [3.8, 4) is 11.5 Å². The van der Waals surface area contributed by atoms with Gasteiger partial charge < -0.3 is 4.74 Å². The third-order valence-corrected chi connectivity index (χ3v) is 6.69. The highest BCUT2D eigenvalue weighted by atomic mass is 19.2. The summed E-state index contributed by atoms with van der Waals surface area (Å²) >= 11 is 0. The fraction of sp³-hybridized carbons (Fsp3) is 0.0323. The number of anilines is 3. The highest BCUT2D eigenvalue weighted by Crippen LogP contribution is 2.52. The maximum atomic E-state index is 16.0. The first-order valence-electron chi connectivity index (χ1n) is 12.1. The smallest absolute Gasteiger partial charge is 0.151 e. The monoisotopic (exact) mass is 569 g/mol. The summed E-state index contributed by atoms with van der Waals surface area (Å²) < 4.78 is 125. The van der Waals surface area contributed by atoms with E-state index in [0.717, 1.165) is 0 Å². The molecule has 5 aromatic carbocycles. The number of nitrogens with zero attached hydrogens (tertiary/aromatic N) is 1. The molecule has 0 atom stereocenters. The summed E-state index contributed by atoms with van der Waals surface area (Å²) in [6.07, 6.45) is 0. The number of fused-ring (bicyclic) bond motifs is 2. The second-order valence-corrected chi connectivity index (χ2v) is 9.21. The summed E-state index contributed by atoms with van der Waals surface area (Å²) in [6, 6.07) is 15.2. The van der Waals surface area contributed by atoms with Gasteiger partial charge in [0.05, 0.1) is 11.4 Å². The largest absolute Gasteiger partial charge is 0.453 e. The van der Waals surface area contributed by atoms with Crippen LogP contribution in [0.4, 0.5) is 52.2 Å². The van der Waals surface area contributed by atoms with Crippen molar-refractivity contribution in [2.24, 2.45) is 0 Å². The quantitative estimate of drug-likeness (QED) is 0.155. The fourth-order valence-corrected chi connectivity index (χ4v) is 5.05. The van der Waals surface area contributed by atoms with Gasteiger partial charge in [-0.05, 0) is 42.0 Å². The molecule has 0 aromatic heterocycles. The molecule has 41 heavy (non-hydrogen) atoms. The molecule has 0 aliphatic carbocycles. The van der Waals surface area contributed by atoms with E-state index in [0.29, 0.717) is 12.1 Å². The Hall–Kier alpha value is -4.86. The molecule has 10 heteroatoms. The lowest BCUT2D eigenvalue weighted by atomic mass is 9.83. The van der Waals surface area contributed by atoms with Crippen molar-refractivity contribution >= 4 is 17.1 Å². The van der Waals surface area contributed by atoms with Gasteiger partial charge >= 0.3 is 0 Å². The first-order valence-corrected chi connectivity index (χ1v) is 12.1. The van der Waals surface area contributed by atoms with Crippen LogP contribution < -0.4 is 9.64 Å². The standard InChI is InChI=1S/C31H15F8NO/c32-16-11-18(34)29(19(35)12-16)28(30-20(36)13-17(33)14-21(30)37)15-9-22(38)31(23(39)10-15)40-24-5-1-3-7-26(24)41-27-8-4-2-6-25(27)40/h1-14,28H. The van der Waals surface area contributed by atoms with Crippen LogP contribution in [0.3, 0.4) is 0 Å². The molecule has 2 nitrogen and oxygen atoms in total. The van der Waals surface area contributed by atoms with E-state index in [1.165, 1.54) is 4.90 Å². The van der Waals surface area contributed by atoms with E-state index in [9.17, 15) is 26.3 Å². The molecule has 1 heterocycles. The molecule has 206 valence electrons. The second-order valence-electron chi connectivity index (χ2n) is 9.21. The fourth-order valence-electron chi connectivity index (χ4n) is 5.05. The number of halogens is 8. The molecule has 0 unspecified atom stereocenters. The topological polar surface area (TPSA) is 12.5 Å². The lowest BCUT2D eigenvalue weighted by Crippen LogP contribution is -2.19. The van der Waals surface area contributed by atoms with Gasteiger partial charge in [-0.1, -0.05) is 24.3 Å². The zero-order chi connectivity index (χ0) is 29.0. The molecule has 0 amide bonds. The van der Waals surface area contributed by atoms with Crippen molar-refractivity contribution in [3.63, 3.8) is 0 Å². The lowest BCUT2D eigenvalue weighted by Gasteiger charge is -2.33. The molecule has 0 saturated heterocycles. The molecule has 0 N–H and O–H groups in total. The van der Waals surface area contributed by atoms with Gasteiger partial charge in [0.25, 0.3) is 0 Å². The number of hydrogen-bond acceptors (Lipinski definition) is 2. The van der Waals surface area contributed by atoms with Crippen LogP contribution in [0, 0.1) is 46.5 Å². The van der Waals surface area contributed by atoms with Crippen LogP contribution in [0.5, 0.6) is 11.5 Å². The van der Waals surface area contributed by atoms with Crippen molar-refractivity contribution in [1.82, 2.24) is 0 Å². The Morgan fingerprint density at radius 1 is 0.488 bits per heavy atom. The van der Waals surface area contributed by atoms with Crippen molar-refractivity contribution in [3.05, 3.63) is 148 Å². The van der Waals surface area contributed by atoms with Crippen LogP contribution in [0.2, 0.25) is 0 Å². The molecule has 5 aromatic rings. The number of para-hydroxylation sites is 4. The van der Waals surface area contributed by atoms with E-state index in [1.54, 1.807) is 48.5 Å². The van der Waals surface area contributed by atoms with Crippen LogP contribution in [0.15, 0.2) is 84.9 Å². The maximum absolute atomic E-state index is 16.0. The van der Waals surface area contributed by atoms with Gasteiger partial charge in [0.1, 0.15) is 40.6 Å². The lowest BCUT2D eigenvalue weighted by molar-refractivity contribution is 0.475. The third kappa shape index (κ3) is 4.45. The number of benzene rings is 5. The Morgan fingerprint density at radius 3 is 1.29 bits per heavy atom. The van der Waals surface area contributed by atoms with Gasteiger partial charge in [0.2, 0.25) is 0 Å². The van der Waals surface area contributed by atoms with Crippen LogP contribution in [-0.2, 0) is 0 Å². The molecular weight excluding hydrogens is 554 g/mol. The normalized spacial score (nSPS) is 12.3. The SMILES string of the molecule is Fc1cc(F)c(C(c2cc(F)c(N3c4ccccc4Oc4ccccc43)c(F)c2)c2c(F)cc(F)cc2F)c(F)c1. The molecule has 6 rings (SSSR count). The van der Waals surface area contributed by atoms with Crippen LogP contribution in [0.25, 0.3) is 0 Å². The molecule has 0 saturated carbocycles. The Kier molecular flexibility index (Phi) is 6.40. The van der Waals surface area contributed by atoms with E-state index in [1.807, 2.05) is 0 Å². The van der Waals surface area contributed by atoms with Gasteiger partial charge in [-0.15, -0.1) is 0 Å². The summed E-state index contributed by atoms with van der Waals surface area (Å²) in [5.41, 5.74) is -2.89. The van der Waals surface area contributed by atoms with Crippen LogP contribution in [0.1, 0.15) is 22.6 Å². The van der Waals surface area contributed by atoms with E-state index in [2.05, 4.69) is 0 Å².